The van der Waals surface area contributed by atoms with Crippen LogP contribution in [0.3, 0.4) is 0 Å². The summed E-state index contributed by atoms with van der Waals surface area (Å²) in [5.74, 6) is -3.01. The molecule has 99 heavy (non-hydrogen) atoms. The molecule has 0 radical (unpaired) electrons. The van der Waals surface area contributed by atoms with Crippen molar-refractivity contribution in [2.24, 2.45) is 0 Å². The van der Waals surface area contributed by atoms with Crippen LogP contribution in [0.1, 0.15) is 117 Å². The van der Waals surface area contributed by atoms with Gasteiger partial charge in [0, 0.05) is 118 Å². The average molecular weight is 1430 g/mol. The van der Waals surface area contributed by atoms with Crippen molar-refractivity contribution in [1.82, 2.24) is 53.2 Å². The van der Waals surface area contributed by atoms with E-state index in [2.05, 4.69) is 53.2 Å². The van der Waals surface area contributed by atoms with Gasteiger partial charge in [0.2, 0.25) is 53.2 Å². The van der Waals surface area contributed by atoms with Crippen molar-refractivity contribution in [3.05, 3.63) is 0 Å². The average Bonchev–Trinajstić information content (AvgIpc) is 0.824. The molecule has 3 fully saturated rings. The molecule has 8 unspecified atom stereocenters. The Labute approximate surface area is 576 Å². The summed E-state index contributed by atoms with van der Waals surface area (Å²) in [6.07, 6.45) is -11.0. The second-order valence-corrected chi connectivity index (χ2v) is 24.4. The fraction of sp³-hybridized carbons (Fsp3) is 0.855. The molecular weight excluding hydrogens is 1320 g/mol. The van der Waals surface area contributed by atoms with Crippen LogP contribution < -0.4 is 53.2 Å². The first-order chi connectivity index (χ1) is 47.4. The number of likely N-dealkylation sites (N-methyl/N-ethyl adjacent to an activating group) is 1. The number of aliphatic hydroxyl groups is 9. The Kier molecular flexibility index (Phi) is 44.2. The van der Waals surface area contributed by atoms with Gasteiger partial charge in [-0.1, -0.05) is 0 Å². The summed E-state index contributed by atoms with van der Waals surface area (Å²) >= 11 is 0. The lowest BCUT2D eigenvalue weighted by Crippen LogP contribution is -2.64. The Morgan fingerprint density at radius 3 is 0.808 bits per heavy atom. The number of carbonyl (C=O) groups excluding carboxylic acids is 9. The monoisotopic (exact) mass is 1430 g/mol. The van der Waals surface area contributed by atoms with Crippen LogP contribution in [-0.4, -0.2) is 322 Å². The molecule has 3 aliphatic heterocycles. The van der Waals surface area contributed by atoms with Crippen LogP contribution in [0.4, 0.5) is 0 Å². The zero-order chi connectivity index (χ0) is 73.1. The standard InChI is InChI=1S/C62H112N10O27/c1-38(76)70-50-56(88)53(85)41(32-73)97-59(50)94-26-8-5-14-44(79)64-20-11-23-67-47(82)17-29-91-35-62(63-4,36-92-30-18-48(83)68-24-12-21-65-45(80)15-6-9-27-95-60-51(71-39(2)77)57(89)54(86)42(33-74)98-60)37-93-31-19-49(84)69-25-13-22-66-46(81)16-7-10-28-96-61-52(72-40(3)78)58(90)55(87)43(34-75)99-61/h41-43,50-61,63,73-75,85-90H,5-37H2,1-4H3,(H,64,79)(H,65,80)(H,66,81)(H,67,82)(H,68,83)(H,69,84)(H,70,76)(H,71,77)(H,72,78)/t41?,42?,43?,50-,51?,52?,53-,54-,55-,56?,57?,58?,59+,60+,61+,62?/m0/s1. The van der Waals surface area contributed by atoms with Gasteiger partial charge in [-0.25, -0.2) is 0 Å². The highest BCUT2D eigenvalue weighted by Crippen LogP contribution is 2.26. The summed E-state index contributed by atoms with van der Waals surface area (Å²) in [4.78, 5) is 111. The summed E-state index contributed by atoms with van der Waals surface area (Å²) < 4.78 is 51.5. The van der Waals surface area contributed by atoms with Crippen molar-refractivity contribution < 1.29 is 132 Å². The van der Waals surface area contributed by atoms with Crippen LogP contribution in [0.5, 0.6) is 0 Å². The van der Waals surface area contributed by atoms with E-state index in [1.807, 2.05) is 0 Å². The molecule has 0 aliphatic carbocycles. The summed E-state index contributed by atoms with van der Waals surface area (Å²) in [6.45, 7) is 3.94. The number of amides is 9. The van der Waals surface area contributed by atoms with Gasteiger partial charge in [-0.3, -0.25) is 43.2 Å². The first kappa shape index (κ1) is 87.7. The lowest BCUT2D eigenvalue weighted by molar-refractivity contribution is -0.270. The zero-order valence-corrected chi connectivity index (χ0v) is 57.4. The molecule has 19 N–H and O–H groups in total. The number of hydrogen-bond acceptors (Lipinski definition) is 28. The molecule has 3 saturated heterocycles. The SMILES string of the molecule is CNC(COCCC(=O)NCCCNC(=O)CCCCO[C@@H]1OC(CO)[C@H](O)C(O)C1NC(C)=O)(COCCC(=O)NCCCNC(=O)CCCCO[C@@H]1OC(CO)[C@H](O)C(O)C1NC(C)=O)COCCC(=O)NCCCNC(=O)CCCCO[C@@H]1OC(CO)[C@H](O)C(O)[C@@H]1NC(C)=O. The molecule has 15 atom stereocenters. The number of ether oxygens (including phenoxy) is 9. The van der Waals surface area contributed by atoms with Crippen LogP contribution in [0.15, 0.2) is 0 Å². The highest BCUT2D eigenvalue weighted by Gasteiger charge is 2.48. The van der Waals surface area contributed by atoms with E-state index in [9.17, 15) is 89.1 Å². The lowest BCUT2D eigenvalue weighted by atomic mass is 9.97. The largest absolute Gasteiger partial charge is 0.394 e. The summed E-state index contributed by atoms with van der Waals surface area (Å²) in [5, 5.41) is 118. The Balaban J connectivity index is 1.36. The minimum absolute atomic E-state index is 0.00567. The van der Waals surface area contributed by atoms with E-state index in [0.717, 1.165) is 0 Å². The van der Waals surface area contributed by atoms with E-state index in [1.165, 1.54) is 20.8 Å². The molecule has 37 nitrogen and oxygen atoms in total. The number of aliphatic hydroxyl groups excluding tert-OH is 9. The minimum atomic E-state index is -1.44. The number of rotatable bonds is 52. The molecule has 37 heteroatoms. The maximum absolute atomic E-state index is 12.7. The van der Waals surface area contributed by atoms with E-state index in [0.29, 0.717) is 77.4 Å². The summed E-state index contributed by atoms with van der Waals surface area (Å²) in [6, 6.07) is -3.22. The maximum Gasteiger partial charge on any atom is 0.222 e. The van der Waals surface area contributed by atoms with Gasteiger partial charge >= 0.3 is 0 Å². The van der Waals surface area contributed by atoms with Gasteiger partial charge in [0.1, 0.15) is 73.1 Å². The molecule has 0 saturated carbocycles. The molecule has 3 rings (SSSR count). The van der Waals surface area contributed by atoms with Gasteiger partial charge in [-0.05, 0) is 64.8 Å². The van der Waals surface area contributed by atoms with Crippen molar-refractivity contribution in [2.75, 3.05) is 126 Å². The topological polar surface area (TPSA) is 539 Å². The van der Waals surface area contributed by atoms with Gasteiger partial charge in [0.05, 0.1) is 65.0 Å². The fourth-order valence-corrected chi connectivity index (χ4v) is 10.4. The van der Waals surface area contributed by atoms with Crippen molar-refractivity contribution in [3.8, 4) is 0 Å². The third kappa shape index (κ3) is 34.8. The van der Waals surface area contributed by atoms with E-state index < -0.39 is 135 Å². The van der Waals surface area contributed by atoms with E-state index in [4.69, 9.17) is 42.6 Å². The Morgan fingerprint density at radius 2 is 0.586 bits per heavy atom. The van der Waals surface area contributed by atoms with Crippen LogP contribution >= 0.6 is 0 Å². The van der Waals surface area contributed by atoms with Crippen molar-refractivity contribution in [2.45, 2.75) is 215 Å². The number of nitrogens with one attached hydrogen (secondary N) is 10. The van der Waals surface area contributed by atoms with Crippen molar-refractivity contribution in [1.29, 1.82) is 0 Å². The lowest BCUT2D eigenvalue weighted by Gasteiger charge is -2.42. The van der Waals surface area contributed by atoms with Gasteiger partial charge in [-0.15, -0.1) is 0 Å². The van der Waals surface area contributed by atoms with E-state index in [-0.39, 0.29) is 153 Å². The quantitative estimate of drug-likeness (QED) is 0.0252. The molecule has 572 valence electrons. The Hall–Kier alpha value is -5.53. The highest BCUT2D eigenvalue weighted by molar-refractivity contribution is 5.78. The van der Waals surface area contributed by atoms with Gasteiger partial charge in [-0.2, -0.15) is 0 Å². The Bertz CT molecular complexity index is 2130. The smallest absolute Gasteiger partial charge is 0.222 e. The highest BCUT2D eigenvalue weighted by atomic mass is 16.7. The normalized spacial score (nSPS) is 25.8. The number of hydrogen-bond donors (Lipinski definition) is 19. The van der Waals surface area contributed by atoms with Crippen LogP contribution in [0.2, 0.25) is 0 Å². The van der Waals surface area contributed by atoms with Crippen LogP contribution in [-0.2, 0) is 85.8 Å². The fourth-order valence-electron chi connectivity index (χ4n) is 10.4. The molecule has 0 aromatic heterocycles. The number of unbranched alkanes of at least 4 members (excludes halogenated alkanes) is 3. The first-order valence-electron chi connectivity index (χ1n) is 33.9. The van der Waals surface area contributed by atoms with Gasteiger partial charge in [0.25, 0.3) is 0 Å². The van der Waals surface area contributed by atoms with E-state index >= 15 is 0 Å². The molecule has 9 amide bonds. The first-order valence-corrected chi connectivity index (χ1v) is 33.9. The second kappa shape index (κ2) is 49.9. The molecule has 0 bridgehead atoms. The molecule has 0 aromatic carbocycles. The van der Waals surface area contributed by atoms with Crippen LogP contribution in [0, 0.1) is 0 Å². The number of carbonyl (C=O) groups is 9. The molecule has 3 heterocycles. The van der Waals surface area contributed by atoms with Gasteiger partial charge < -0.3 is 142 Å². The molecule has 3 aliphatic rings. The minimum Gasteiger partial charge on any atom is -0.394 e. The Morgan fingerprint density at radius 1 is 0.343 bits per heavy atom. The zero-order valence-electron chi connectivity index (χ0n) is 57.4. The maximum atomic E-state index is 12.7. The van der Waals surface area contributed by atoms with Gasteiger partial charge in [0.15, 0.2) is 18.9 Å². The van der Waals surface area contributed by atoms with E-state index in [1.54, 1.807) is 7.05 Å². The third-order valence-corrected chi connectivity index (χ3v) is 16.1. The second-order valence-electron chi connectivity index (χ2n) is 24.4. The predicted octanol–water partition coefficient (Wildman–Crippen LogP) is -7.58. The summed E-state index contributed by atoms with van der Waals surface area (Å²) in [5.41, 5.74) is -0.999. The predicted molar refractivity (Wildman–Crippen MR) is 346 cm³/mol. The molecule has 0 spiro atoms. The van der Waals surface area contributed by atoms with Crippen LogP contribution in [0.25, 0.3) is 0 Å². The molecule has 0 aromatic rings. The third-order valence-electron chi connectivity index (χ3n) is 16.1. The van der Waals surface area contributed by atoms with Crippen molar-refractivity contribution >= 4 is 53.2 Å². The summed E-state index contributed by atoms with van der Waals surface area (Å²) in [7, 11) is 1.66. The molecular formula is C62H112N10O27. The van der Waals surface area contributed by atoms with Crippen molar-refractivity contribution in [3.63, 3.8) is 0 Å².